The molecule has 128 valence electrons. The van der Waals surface area contributed by atoms with E-state index in [0.717, 1.165) is 18.9 Å². The highest BCUT2D eigenvalue weighted by Gasteiger charge is 2.34. The maximum absolute atomic E-state index is 12.8. The van der Waals surface area contributed by atoms with Gasteiger partial charge in [-0.05, 0) is 25.0 Å². The van der Waals surface area contributed by atoms with E-state index in [-0.39, 0.29) is 11.7 Å². The van der Waals surface area contributed by atoms with E-state index < -0.39 is 22.4 Å². The molecule has 2 heterocycles. The van der Waals surface area contributed by atoms with Crippen LogP contribution >= 0.6 is 0 Å². The SMILES string of the molecule is O=[N+]([O-])c1cc(C(F)(F)F)ccc1N1CCC[C@@H](n2ccnc2)C1. The van der Waals surface area contributed by atoms with E-state index in [1.54, 1.807) is 17.4 Å². The highest BCUT2D eigenvalue weighted by atomic mass is 19.4. The van der Waals surface area contributed by atoms with E-state index in [0.29, 0.717) is 19.2 Å². The van der Waals surface area contributed by atoms with Crippen molar-refractivity contribution in [3.8, 4) is 0 Å². The molecule has 1 fully saturated rings. The third-order valence-electron chi connectivity index (χ3n) is 4.18. The van der Waals surface area contributed by atoms with Crippen molar-refractivity contribution in [2.75, 3.05) is 18.0 Å². The molecule has 1 atom stereocenters. The normalized spacial score (nSPS) is 18.6. The van der Waals surface area contributed by atoms with E-state index in [1.807, 2.05) is 10.8 Å². The summed E-state index contributed by atoms with van der Waals surface area (Å²) in [4.78, 5) is 16.3. The molecule has 2 aromatic rings. The highest BCUT2D eigenvalue weighted by molar-refractivity contribution is 5.65. The van der Waals surface area contributed by atoms with Crippen molar-refractivity contribution < 1.29 is 18.1 Å². The van der Waals surface area contributed by atoms with Gasteiger partial charge in [0, 0.05) is 31.5 Å². The molecular formula is C15H15F3N4O2. The molecule has 0 bridgehead atoms. The largest absolute Gasteiger partial charge is 0.416 e. The number of hydrogen-bond donors (Lipinski definition) is 0. The maximum Gasteiger partial charge on any atom is 0.416 e. The Morgan fingerprint density at radius 3 is 2.75 bits per heavy atom. The molecule has 0 aliphatic carbocycles. The molecule has 0 unspecified atom stereocenters. The molecule has 0 N–H and O–H groups in total. The third kappa shape index (κ3) is 3.19. The molecule has 6 nitrogen and oxygen atoms in total. The molecule has 9 heteroatoms. The number of nitro benzene ring substituents is 1. The molecule has 0 radical (unpaired) electrons. The van der Waals surface area contributed by atoms with Gasteiger partial charge in [-0.1, -0.05) is 0 Å². The lowest BCUT2D eigenvalue weighted by molar-refractivity contribution is -0.384. The number of imidazole rings is 1. The van der Waals surface area contributed by atoms with Crippen LogP contribution in [0, 0.1) is 10.1 Å². The van der Waals surface area contributed by atoms with Crippen LogP contribution in [0.4, 0.5) is 24.5 Å². The molecular weight excluding hydrogens is 325 g/mol. The van der Waals surface area contributed by atoms with Crippen molar-refractivity contribution in [1.29, 1.82) is 0 Å². The van der Waals surface area contributed by atoms with Gasteiger partial charge in [-0.25, -0.2) is 4.98 Å². The maximum atomic E-state index is 12.8. The number of piperidine rings is 1. The summed E-state index contributed by atoms with van der Waals surface area (Å²) in [7, 11) is 0. The van der Waals surface area contributed by atoms with Gasteiger partial charge in [-0.3, -0.25) is 10.1 Å². The van der Waals surface area contributed by atoms with Crippen LogP contribution in [0.25, 0.3) is 0 Å². The zero-order valence-corrected chi connectivity index (χ0v) is 12.6. The number of aromatic nitrogens is 2. The van der Waals surface area contributed by atoms with Gasteiger partial charge in [-0.15, -0.1) is 0 Å². The number of anilines is 1. The van der Waals surface area contributed by atoms with Gasteiger partial charge < -0.3 is 9.47 Å². The van der Waals surface area contributed by atoms with Gasteiger partial charge in [0.05, 0.1) is 22.9 Å². The van der Waals surface area contributed by atoms with Gasteiger partial charge in [0.1, 0.15) is 5.69 Å². The van der Waals surface area contributed by atoms with Crippen LogP contribution in [0.2, 0.25) is 0 Å². The minimum Gasteiger partial charge on any atom is -0.364 e. The van der Waals surface area contributed by atoms with Gasteiger partial charge >= 0.3 is 6.18 Å². The van der Waals surface area contributed by atoms with E-state index >= 15 is 0 Å². The Labute approximate surface area is 135 Å². The molecule has 0 spiro atoms. The molecule has 0 amide bonds. The molecule has 0 saturated carbocycles. The minimum absolute atomic E-state index is 0.0862. The van der Waals surface area contributed by atoms with Gasteiger partial charge in [-0.2, -0.15) is 13.2 Å². The Balaban J connectivity index is 1.92. The fourth-order valence-electron chi connectivity index (χ4n) is 3.02. The van der Waals surface area contributed by atoms with Crippen molar-refractivity contribution in [2.45, 2.75) is 25.1 Å². The lowest BCUT2D eigenvalue weighted by Gasteiger charge is -2.34. The highest BCUT2D eigenvalue weighted by Crippen LogP contribution is 2.38. The molecule has 1 aliphatic heterocycles. The molecule has 3 rings (SSSR count). The van der Waals surface area contributed by atoms with Gasteiger partial charge in [0.15, 0.2) is 0 Å². The summed E-state index contributed by atoms with van der Waals surface area (Å²) in [5, 5.41) is 11.3. The fraction of sp³-hybridized carbons (Fsp3) is 0.400. The first-order valence-electron chi connectivity index (χ1n) is 7.44. The lowest BCUT2D eigenvalue weighted by atomic mass is 10.0. The first-order valence-corrected chi connectivity index (χ1v) is 7.44. The molecule has 1 aromatic heterocycles. The zero-order chi connectivity index (χ0) is 17.3. The van der Waals surface area contributed by atoms with E-state index in [4.69, 9.17) is 0 Å². The average Bonchev–Trinajstić information content (AvgIpc) is 3.08. The molecule has 1 saturated heterocycles. The lowest BCUT2D eigenvalue weighted by Crippen LogP contribution is -2.36. The summed E-state index contributed by atoms with van der Waals surface area (Å²) in [6.07, 6.45) is 2.22. The number of nitrogens with zero attached hydrogens (tertiary/aromatic N) is 4. The fourth-order valence-corrected chi connectivity index (χ4v) is 3.02. The van der Waals surface area contributed by atoms with E-state index in [1.165, 1.54) is 6.07 Å². The third-order valence-corrected chi connectivity index (χ3v) is 4.18. The van der Waals surface area contributed by atoms with E-state index in [2.05, 4.69) is 4.98 Å². The molecule has 1 aliphatic rings. The summed E-state index contributed by atoms with van der Waals surface area (Å²) >= 11 is 0. The first-order chi connectivity index (χ1) is 11.4. The van der Waals surface area contributed by atoms with E-state index in [9.17, 15) is 23.3 Å². The van der Waals surface area contributed by atoms with Gasteiger partial charge in [0.2, 0.25) is 0 Å². The number of nitro groups is 1. The average molecular weight is 340 g/mol. The van der Waals surface area contributed by atoms with Crippen molar-refractivity contribution in [3.63, 3.8) is 0 Å². The van der Waals surface area contributed by atoms with Crippen molar-refractivity contribution in [2.24, 2.45) is 0 Å². The Kier molecular flexibility index (Phi) is 4.16. The predicted molar refractivity (Wildman–Crippen MR) is 80.8 cm³/mol. The number of rotatable bonds is 3. The van der Waals surface area contributed by atoms with Crippen LogP contribution in [0.1, 0.15) is 24.4 Å². The van der Waals surface area contributed by atoms with Crippen molar-refractivity contribution in [3.05, 3.63) is 52.6 Å². The van der Waals surface area contributed by atoms with Crippen molar-refractivity contribution >= 4 is 11.4 Å². The predicted octanol–water partition coefficient (Wildman–Crippen LogP) is 3.65. The summed E-state index contributed by atoms with van der Waals surface area (Å²) in [5.74, 6) is 0. The van der Waals surface area contributed by atoms with Crippen molar-refractivity contribution in [1.82, 2.24) is 9.55 Å². The smallest absolute Gasteiger partial charge is 0.364 e. The second-order valence-corrected chi connectivity index (χ2v) is 5.71. The van der Waals surface area contributed by atoms with Crippen LogP contribution in [0.3, 0.4) is 0 Å². The number of alkyl halides is 3. The van der Waals surface area contributed by atoms with Gasteiger partial charge in [0.25, 0.3) is 5.69 Å². The number of benzene rings is 1. The first kappa shape index (κ1) is 16.3. The Morgan fingerprint density at radius 1 is 1.33 bits per heavy atom. The van der Waals surface area contributed by atoms with Crippen LogP contribution in [0.15, 0.2) is 36.9 Å². The second kappa shape index (κ2) is 6.14. The summed E-state index contributed by atoms with van der Waals surface area (Å²) < 4.78 is 40.3. The van der Waals surface area contributed by atoms with Crippen LogP contribution in [-0.2, 0) is 6.18 Å². The van der Waals surface area contributed by atoms with Crippen LogP contribution in [-0.4, -0.2) is 27.6 Å². The Hall–Kier alpha value is -2.58. The Morgan fingerprint density at radius 2 is 2.12 bits per heavy atom. The summed E-state index contributed by atoms with van der Waals surface area (Å²) in [6.45, 7) is 1.06. The molecule has 24 heavy (non-hydrogen) atoms. The second-order valence-electron chi connectivity index (χ2n) is 5.71. The number of hydrogen-bond acceptors (Lipinski definition) is 4. The quantitative estimate of drug-likeness (QED) is 0.632. The monoisotopic (exact) mass is 340 g/mol. The number of halogens is 3. The standard InChI is InChI=1S/C15H15F3N4O2/c16-15(17,18)11-3-4-13(14(8-11)22(23)24)20-6-1-2-12(9-20)21-7-5-19-10-21/h3-5,7-8,10,12H,1-2,6,9H2/t12-/m1/s1. The minimum atomic E-state index is -4.61. The Bertz CT molecular complexity index is 731. The topological polar surface area (TPSA) is 64.2 Å². The zero-order valence-electron chi connectivity index (χ0n) is 12.6. The molecule has 1 aromatic carbocycles. The summed E-state index contributed by atoms with van der Waals surface area (Å²) in [5.41, 5.74) is -1.31. The van der Waals surface area contributed by atoms with Crippen LogP contribution < -0.4 is 4.90 Å². The summed E-state index contributed by atoms with van der Waals surface area (Å²) in [6, 6.07) is 2.78. The van der Waals surface area contributed by atoms with Crippen LogP contribution in [0.5, 0.6) is 0 Å².